The molecule has 0 saturated carbocycles. The van der Waals surface area contributed by atoms with Crippen LogP contribution in [0.2, 0.25) is 0 Å². The van der Waals surface area contributed by atoms with E-state index < -0.39 is 0 Å². The highest BCUT2D eigenvalue weighted by Crippen LogP contribution is 2.14. The molecular weight excluding hydrogens is 168 g/mol. The van der Waals surface area contributed by atoms with Crippen LogP contribution in [0, 0.1) is 5.92 Å². The Hall–Kier alpha value is -0.340. The van der Waals surface area contributed by atoms with Gasteiger partial charge in [0.25, 0.3) is 0 Å². The molecule has 0 radical (unpaired) electrons. The van der Waals surface area contributed by atoms with Gasteiger partial charge in [-0.15, -0.1) is 0 Å². The first-order chi connectivity index (χ1) is 5.86. The molecule has 68 valence electrons. The Morgan fingerprint density at radius 3 is 2.92 bits per heavy atom. The van der Waals surface area contributed by atoms with Crippen LogP contribution in [0.5, 0.6) is 0 Å². The molecule has 1 N–H and O–H groups in total. The van der Waals surface area contributed by atoms with Crippen molar-refractivity contribution in [3.05, 3.63) is 22.4 Å². The van der Waals surface area contributed by atoms with E-state index in [0.717, 1.165) is 19.3 Å². The van der Waals surface area contributed by atoms with Crippen LogP contribution in [0.3, 0.4) is 0 Å². The topological polar surface area (TPSA) is 20.2 Å². The van der Waals surface area contributed by atoms with Crippen LogP contribution >= 0.6 is 11.3 Å². The van der Waals surface area contributed by atoms with E-state index in [1.54, 1.807) is 11.3 Å². The number of hydrogen-bond donors (Lipinski definition) is 1. The SMILES string of the molecule is CCC(CO)CCc1ccsc1. The predicted molar refractivity (Wildman–Crippen MR) is 53.5 cm³/mol. The molecule has 0 saturated heterocycles. The molecule has 2 heteroatoms. The second-order valence-electron chi connectivity index (χ2n) is 3.13. The molecule has 0 spiro atoms. The van der Waals surface area contributed by atoms with E-state index in [0.29, 0.717) is 12.5 Å². The summed E-state index contributed by atoms with van der Waals surface area (Å²) in [6, 6.07) is 2.16. The molecule has 1 rings (SSSR count). The number of aliphatic hydroxyl groups excluding tert-OH is 1. The third-order valence-corrected chi connectivity index (χ3v) is 2.99. The predicted octanol–water partition coefficient (Wildman–Crippen LogP) is 2.70. The first-order valence-electron chi connectivity index (χ1n) is 4.48. The van der Waals surface area contributed by atoms with Gasteiger partial charge in [-0.2, -0.15) is 11.3 Å². The van der Waals surface area contributed by atoms with Gasteiger partial charge in [0, 0.05) is 6.61 Å². The van der Waals surface area contributed by atoms with Crippen LogP contribution in [-0.2, 0) is 6.42 Å². The van der Waals surface area contributed by atoms with E-state index in [-0.39, 0.29) is 0 Å². The zero-order chi connectivity index (χ0) is 8.81. The lowest BCUT2D eigenvalue weighted by molar-refractivity contribution is 0.215. The summed E-state index contributed by atoms with van der Waals surface area (Å²) in [6.45, 7) is 2.47. The Morgan fingerprint density at radius 2 is 2.42 bits per heavy atom. The van der Waals surface area contributed by atoms with Gasteiger partial charge in [-0.25, -0.2) is 0 Å². The molecule has 1 aromatic heterocycles. The van der Waals surface area contributed by atoms with Gasteiger partial charge in [-0.05, 0) is 41.1 Å². The zero-order valence-corrected chi connectivity index (χ0v) is 8.31. The maximum Gasteiger partial charge on any atom is 0.0459 e. The molecule has 0 aliphatic rings. The molecule has 1 aromatic rings. The second-order valence-corrected chi connectivity index (χ2v) is 3.91. The van der Waals surface area contributed by atoms with Gasteiger partial charge >= 0.3 is 0 Å². The van der Waals surface area contributed by atoms with Crippen molar-refractivity contribution in [2.75, 3.05) is 6.61 Å². The van der Waals surface area contributed by atoms with E-state index in [2.05, 4.69) is 23.8 Å². The fraction of sp³-hybridized carbons (Fsp3) is 0.600. The Labute approximate surface area is 78.1 Å². The van der Waals surface area contributed by atoms with Crippen LogP contribution in [0.25, 0.3) is 0 Å². The number of rotatable bonds is 5. The highest BCUT2D eigenvalue weighted by atomic mass is 32.1. The standard InChI is InChI=1S/C10H16OS/c1-2-9(7-11)3-4-10-5-6-12-8-10/h5-6,8-9,11H,2-4,7H2,1H3. The van der Waals surface area contributed by atoms with Gasteiger partial charge in [0.05, 0.1) is 0 Å². The zero-order valence-electron chi connectivity index (χ0n) is 7.49. The van der Waals surface area contributed by atoms with E-state index in [1.807, 2.05) is 0 Å². The van der Waals surface area contributed by atoms with Gasteiger partial charge < -0.3 is 5.11 Å². The lowest BCUT2D eigenvalue weighted by Crippen LogP contribution is -2.05. The molecule has 0 aliphatic heterocycles. The summed E-state index contributed by atoms with van der Waals surface area (Å²) in [4.78, 5) is 0. The van der Waals surface area contributed by atoms with Gasteiger partial charge in [0.2, 0.25) is 0 Å². The van der Waals surface area contributed by atoms with Gasteiger partial charge in [-0.3, -0.25) is 0 Å². The minimum atomic E-state index is 0.334. The molecule has 0 fully saturated rings. The Morgan fingerprint density at radius 1 is 1.58 bits per heavy atom. The summed E-state index contributed by atoms with van der Waals surface area (Å²) in [5, 5.41) is 13.2. The summed E-state index contributed by atoms with van der Waals surface area (Å²) in [6.07, 6.45) is 3.31. The van der Waals surface area contributed by atoms with Crippen LogP contribution in [0.1, 0.15) is 25.3 Å². The third kappa shape index (κ3) is 2.95. The highest BCUT2D eigenvalue weighted by molar-refractivity contribution is 7.07. The number of aryl methyl sites for hydroxylation is 1. The molecule has 0 aliphatic carbocycles. The maximum atomic E-state index is 8.96. The van der Waals surface area contributed by atoms with Crippen LogP contribution in [0.15, 0.2) is 16.8 Å². The molecule has 1 unspecified atom stereocenters. The van der Waals surface area contributed by atoms with E-state index in [9.17, 15) is 0 Å². The Balaban J connectivity index is 2.25. The Bertz CT molecular complexity index is 190. The largest absolute Gasteiger partial charge is 0.396 e. The van der Waals surface area contributed by atoms with E-state index in [1.165, 1.54) is 5.56 Å². The van der Waals surface area contributed by atoms with Crippen molar-refractivity contribution in [2.45, 2.75) is 26.2 Å². The van der Waals surface area contributed by atoms with Crippen molar-refractivity contribution in [3.8, 4) is 0 Å². The minimum absolute atomic E-state index is 0.334. The minimum Gasteiger partial charge on any atom is -0.396 e. The van der Waals surface area contributed by atoms with Gasteiger partial charge in [0.15, 0.2) is 0 Å². The molecule has 1 atom stereocenters. The van der Waals surface area contributed by atoms with E-state index >= 15 is 0 Å². The third-order valence-electron chi connectivity index (χ3n) is 2.26. The molecule has 0 amide bonds. The van der Waals surface area contributed by atoms with Crippen molar-refractivity contribution in [1.29, 1.82) is 0 Å². The summed E-state index contributed by atoms with van der Waals surface area (Å²) in [5.41, 5.74) is 1.41. The average Bonchev–Trinajstić information content (AvgIpc) is 2.59. The fourth-order valence-corrected chi connectivity index (χ4v) is 1.93. The molecular formula is C10H16OS. The van der Waals surface area contributed by atoms with Crippen molar-refractivity contribution in [3.63, 3.8) is 0 Å². The van der Waals surface area contributed by atoms with Crippen molar-refractivity contribution >= 4 is 11.3 Å². The second kappa shape index (κ2) is 5.33. The summed E-state index contributed by atoms with van der Waals surface area (Å²) in [5.74, 6) is 0.491. The van der Waals surface area contributed by atoms with Crippen LogP contribution in [-0.4, -0.2) is 11.7 Å². The molecule has 1 nitrogen and oxygen atoms in total. The normalized spacial score (nSPS) is 13.2. The van der Waals surface area contributed by atoms with Crippen molar-refractivity contribution < 1.29 is 5.11 Å². The highest BCUT2D eigenvalue weighted by Gasteiger charge is 2.04. The first-order valence-corrected chi connectivity index (χ1v) is 5.43. The fourth-order valence-electron chi connectivity index (χ4n) is 1.23. The summed E-state index contributed by atoms with van der Waals surface area (Å²) in [7, 11) is 0. The van der Waals surface area contributed by atoms with Gasteiger partial charge in [-0.1, -0.05) is 13.3 Å². The van der Waals surface area contributed by atoms with Gasteiger partial charge in [0.1, 0.15) is 0 Å². The van der Waals surface area contributed by atoms with Crippen LogP contribution in [0.4, 0.5) is 0 Å². The molecule has 1 heterocycles. The number of thiophene rings is 1. The lowest BCUT2D eigenvalue weighted by Gasteiger charge is -2.09. The van der Waals surface area contributed by atoms with E-state index in [4.69, 9.17) is 5.11 Å². The van der Waals surface area contributed by atoms with Crippen molar-refractivity contribution in [2.24, 2.45) is 5.92 Å². The van der Waals surface area contributed by atoms with Crippen LogP contribution < -0.4 is 0 Å². The monoisotopic (exact) mass is 184 g/mol. The molecule has 12 heavy (non-hydrogen) atoms. The number of aliphatic hydroxyl groups is 1. The smallest absolute Gasteiger partial charge is 0.0459 e. The maximum absolute atomic E-state index is 8.96. The average molecular weight is 184 g/mol. The van der Waals surface area contributed by atoms with Crippen molar-refractivity contribution in [1.82, 2.24) is 0 Å². The Kier molecular flexibility index (Phi) is 4.33. The number of hydrogen-bond acceptors (Lipinski definition) is 2. The first kappa shape index (κ1) is 9.75. The summed E-state index contributed by atoms with van der Waals surface area (Å²) >= 11 is 1.74. The summed E-state index contributed by atoms with van der Waals surface area (Å²) < 4.78 is 0. The molecule has 0 aromatic carbocycles. The quantitative estimate of drug-likeness (QED) is 0.746. The molecule has 0 bridgehead atoms. The lowest BCUT2D eigenvalue weighted by atomic mass is 9.99.